The van der Waals surface area contributed by atoms with Gasteiger partial charge in [0, 0.05) is 0 Å². The molecule has 1 unspecified atom stereocenters. The molecule has 0 spiro atoms. The summed E-state index contributed by atoms with van der Waals surface area (Å²) in [5.74, 6) is -0.509. The predicted octanol–water partition coefficient (Wildman–Crippen LogP) is 0.399. The van der Waals surface area contributed by atoms with Crippen LogP contribution in [-0.4, -0.2) is 35.9 Å². The topological polar surface area (TPSA) is 75.4 Å². The highest BCUT2D eigenvalue weighted by Gasteiger charge is 2.38. The van der Waals surface area contributed by atoms with Crippen molar-refractivity contribution < 1.29 is 23.1 Å². The molecule has 0 heterocycles. The third-order valence-electron chi connectivity index (χ3n) is 1.91. The summed E-state index contributed by atoms with van der Waals surface area (Å²) in [6.07, 6.45) is -6.90. The van der Waals surface area contributed by atoms with Crippen LogP contribution in [-0.2, 0) is 4.79 Å². The number of aliphatic hydroxyl groups excluding tert-OH is 1. The Balaban J connectivity index is 3.98. The highest BCUT2D eigenvalue weighted by Crippen LogP contribution is 2.19. The smallest absolute Gasteiger partial charge is 0.382 e. The lowest BCUT2D eigenvalue weighted by atomic mass is 10.0. The van der Waals surface area contributed by atoms with Crippen LogP contribution >= 0.6 is 0 Å². The molecule has 0 aliphatic carbocycles. The average Bonchev–Trinajstić information content (AvgIpc) is 2.10. The van der Waals surface area contributed by atoms with E-state index in [0.717, 1.165) is 0 Å². The van der Waals surface area contributed by atoms with E-state index in [0.29, 0.717) is 6.42 Å². The van der Waals surface area contributed by atoms with Crippen molar-refractivity contribution in [2.75, 3.05) is 6.54 Å². The molecule has 0 fully saturated rings. The number of amides is 1. The molecule has 0 aromatic carbocycles. The molecule has 16 heavy (non-hydrogen) atoms. The second-order valence-corrected chi connectivity index (χ2v) is 4.04. The van der Waals surface area contributed by atoms with Gasteiger partial charge in [-0.15, -0.1) is 0 Å². The lowest BCUT2D eigenvalue weighted by Crippen LogP contribution is -2.47. The third-order valence-corrected chi connectivity index (χ3v) is 1.91. The molecular formula is C9H17F3N2O2. The molecule has 0 aromatic heterocycles. The van der Waals surface area contributed by atoms with Crippen LogP contribution in [0.2, 0.25) is 0 Å². The standard InChI is InChI=1S/C9H17F3N2O2/c1-5(2)3-6(13)8(16)14-4-7(15)9(10,11)12/h5-7,15H,3-4,13H2,1-2H3,(H,14,16)/t6-,7?/m0/s1. The highest BCUT2D eigenvalue weighted by atomic mass is 19.4. The van der Waals surface area contributed by atoms with Gasteiger partial charge in [-0.25, -0.2) is 0 Å². The summed E-state index contributed by atoms with van der Waals surface area (Å²) < 4.78 is 35.6. The highest BCUT2D eigenvalue weighted by molar-refractivity contribution is 5.81. The van der Waals surface area contributed by atoms with E-state index in [1.165, 1.54) is 0 Å². The maximum absolute atomic E-state index is 11.9. The van der Waals surface area contributed by atoms with Gasteiger partial charge >= 0.3 is 6.18 Å². The first-order chi connectivity index (χ1) is 7.14. The Morgan fingerprint density at radius 2 is 1.94 bits per heavy atom. The minimum atomic E-state index is -4.73. The van der Waals surface area contributed by atoms with E-state index in [-0.39, 0.29) is 5.92 Å². The molecule has 0 radical (unpaired) electrons. The normalized spacial score (nSPS) is 16.0. The van der Waals surface area contributed by atoms with Crippen LogP contribution in [0.15, 0.2) is 0 Å². The molecule has 0 saturated heterocycles. The molecule has 4 nitrogen and oxygen atoms in total. The van der Waals surface area contributed by atoms with Crippen LogP contribution in [0.3, 0.4) is 0 Å². The van der Waals surface area contributed by atoms with Crippen molar-refractivity contribution in [3.8, 4) is 0 Å². The van der Waals surface area contributed by atoms with Crippen molar-refractivity contribution in [2.24, 2.45) is 11.7 Å². The minimum Gasteiger partial charge on any atom is -0.382 e. The maximum Gasteiger partial charge on any atom is 0.416 e. The first kappa shape index (κ1) is 15.2. The number of aliphatic hydroxyl groups is 1. The van der Waals surface area contributed by atoms with E-state index in [1.807, 2.05) is 19.2 Å². The fourth-order valence-electron chi connectivity index (χ4n) is 1.06. The summed E-state index contributed by atoms with van der Waals surface area (Å²) >= 11 is 0. The molecular weight excluding hydrogens is 225 g/mol. The average molecular weight is 242 g/mol. The molecule has 0 aromatic rings. The van der Waals surface area contributed by atoms with Gasteiger partial charge in [0.05, 0.1) is 12.6 Å². The Bertz CT molecular complexity index is 231. The summed E-state index contributed by atoms with van der Waals surface area (Å²) in [5.41, 5.74) is 5.44. The van der Waals surface area contributed by atoms with E-state index in [2.05, 4.69) is 0 Å². The van der Waals surface area contributed by atoms with E-state index in [4.69, 9.17) is 10.8 Å². The number of hydrogen-bond donors (Lipinski definition) is 3. The lowest BCUT2D eigenvalue weighted by molar-refractivity contribution is -0.201. The molecule has 2 atom stereocenters. The first-order valence-electron chi connectivity index (χ1n) is 4.92. The zero-order chi connectivity index (χ0) is 12.9. The number of carbonyl (C=O) groups is 1. The number of rotatable bonds is 5. The Morgan fingerprint density at radius 3 is 2.31 bits per heavy atom. The van der Waals surface area contributed by atoms with Gasteiger partial charge in [0.25, 0.3) is 0 Å². The van der Waals surface area contributed by atoms with Gasteiger partial charge in [0.2, 0.25) is 5.91 Å². The van der Waals surface area contributed by atoms with Crippen LogP contribution < -0.4 is 11.1 Å². The molecule has 4 N–H and O–H groups in total. The molecule has 0 saturated carbocycles. The fourth-order valence-corrected chi connectivity index (χ4v) is 1.06. The van der Waals surface area contributed by atoms with E-state index >= 15 is 0 Å². The van der Waals surface area contributed by atoms with Gasteiger partial charge in [0.1, 0.15) is 0 Å². The van der Waals surface area contributed by atoms with Gasteiger partial charge in [-0.2, -0.15) is 13.2 Å². The van der Waals surface area contributed by atoms with Gasteiger partial charge < -0.3 is 16.2 Å². The number of alkyl halides is 3. The van der Waals surface area contributed by atoms with Gasteiger partial charge in [-0.3, -0.25) is 4.79 Å². The number of carbonyl (C=O) groups excluding carboxylic acids is 1. The number of nitrogens with one attached hydrogen (secondary N) is 1. The molecule has 96 valence electrons. The van der Waals surface area contributed by atoms with E-state index in [9.17, 15) is 18.0 Å². The van der Waals surface area contributed by atoms with Crippen molar-refractivity contribution in [2.45, 2.75) is 38.6 Å². The monoisotopic (exact) mass is 242 g/mol. The molecule has 7 heteroatoms. The Morgan fingerprint density at radius 1 is 1.44 bits per heavy atom. The Labute approximate surface area is 92.0 Å². The first-order valence-corrected chi connectivity index (χ1v) is 4.92. The summed E-state index contributed by atoms with van der Waals surface area (Å²) in [6.45, 7) is 2.82. The summed E-state index contributed by atoms with van der Waals surface area (Å²) in [4.78, 5) is 11.2. The Kier molecular flexibility index (Phi) is 5.74. The van der Waals surface area contributed by atoms with E-state index in [1.54, 1.807) is 0 Å². The zero-order valence-electron chi connectivity index (χ0n) is 9.21. The molecule has 0 bridgehead atoms. The summed E-state index contributed by atoms with van der Waals surface area (Å²) in [7, 11) is 0. The van der Waals surface area contributed by atoms with E-state index < -0.39 is 30.8 Å². The third kappa shape index (κ3) is 5.92. The van der Waals surface area contributed by atoms with Crippen LogP contribution in [0.25, 0.3) is 0 Å². The number of hydrogen-bond acceptors (Lipinski definition) is 3. The van der Waals surface area contributed by atoms with Crippen LogP contribution in [0, 0.1) is 5.92 Å². The van der Waals surface area contributed by atoms with Crippen molar-refractivity contribution in [1.82, 2.24) is 5.32 Å². The number of halogens is 3. The molecule has 0 rings (SSSR count). The quantitative estimate of drug-likeness (QED) is 0.653. The van der Waals surface area contributed by atoms with Crippen LogP contribution in [0.4, 0.5) is 13.2 Å². The fraction of sp³-hybridized carbons (Fsp3) is 0.889. The minimum absolute atomic E-state index is 0.174. The second kappa shape index (κ2) is 6.05. The lowest BCUT2D eigenvalue weighted by Gasteiger charge is -2.18. The summed E-state index contributed by atoms with van der Waals surface area (Å²) in [5, 5.41) is 10.6. The molecule has 0 aliphatic heterocycles. The zero-order valence-corrected chi connectivity index (χ0v) is 9.21. The van der Waals surface area contributed by atoms with Crippen molar-refractivity contribution >= 4 is 5.91 Å². The Hall–Kier alpha value is -0.820. The SMILES string of the molecule is CC(C)C[C@H](N)C(=O)NCC(O)C(F)(F)F. The second-order valence-electron chi connectivity index (χ2n) is 4.04. The van der Waals surface area contributed by atoms with Gasteiger partial charge in [0.15, 0.2) is 6.10 Å². The summed E-state index contributed by atoms with van der Waals surface area (Å²) in [6, 6.07) is -0.847. The molecule has 0 aliphatic rings. The van der Waals surface area contributed by atoms with Crippen molar-refractivity contribution in [1.29, 1.82) is 0 Å². The van der Waals surface area contributed by atoms with Crippen molar-refractivity contribution in [3.05, 3.63) is 0 Å². The maximum atomic E-state index is 11.9. The van der Waals surface area contributed by atoms with Crippen LogP contribution in [0.5, 0.6) is 0 Å². The molecule has 1 amide bonds. The van der Waals surface area contributed by atoms with Gasteiger partial charge in [-0.1, -0.05) is 13.8 Å². The van der Waals surface area contributed by atoms with Crippen molar-refractivity contribution in [3.63, 3.8) is 0 Å². The van der Waals surface area contributed by atoms with Crippen LogP contribution in [0.1, 0.15) is 20.3 Å². The number of nitrogens with two attached hydrogens (primary N) is 1. The predicted molar refractivity (Wildman–Crippen MR) is 52.5 cm³/mol. The largest absolute Gasteiger partial charge is 0.416 e. The van der Waals surface area contributed by atoms with Gasteiger partial charge in [-0.05, 0) is 12.3 Å².